The molecule has 1 saturated heterocycles. The number of rotatable bonds is 4. The maximum Gasteiger partial charge on any atom is 0.421 e. The van der Waals surface area contributed by atoms with Gasteiger partial charge in [0, 0.05) is 19.5 Å². The van der Waals surface area contributed by atoms with Crippen LogP contribution in [-0.4, -0.2) is 28.5 Å². The zero-order valence-electron chi connectivity index (χ0n) is 11.8. The molecule has 0 aliphatic carbocycles. The molecule has 6 heteroatoms. The summed E-state index contributed by atoms with van der Waals surface area (Å²) in [5, 5.41) is 0. The Morgan fingerprint density at radius 1 is 1.29 bits per heavy atom. The second kappa shape index (κ2) is 5.73. The third kappa shape index (κ3) is 3.00. The normalized spacial score (nSPS) is 17.3. The highest BCUT2D eigenvalue weighted by atomic mass is 16.4. The smallest absolute Gasteiger partial charge is 0.408 e. The first kappa shape index (κ1) is 13.9. The standard InChI is InChI=1S/C15H19N3O3/c16-14(19)9-11-5-7-17(8-6-11)10-18-12-3-1-2-4-13(12)21-15(18)20/h1-4,11H,5-10H2,(H2,16,19). The number of amides is 1. The number of likely N-dealkylation sites (tertiary alicyclic amines) is 1. The van der Waals surface area contributed by atoms with Crippen LogP contribution in [0.25, 0.3) is 11.1 Å². The molecule has 3 rings (SSSR count). The van der Waals surface area contributed by atoms with Crippen LogP contribution in [0.15, 0.2) is 33.5 Å². The molecule has 0 unspecified atom stereocenters. The quantitative estimate of drug-likeness (QED) is 0.915. The Hall–Kier alpha value is -2.08. The molecule has 2 N–H and O–H groups in total. The number of carbonyl (C=O) groups is 1. The molecule has 1 aliphatic heterocycles. The Morgan fingerprint density at radius 3 is 2.71 bits per heavy atom. The van der Waals surface area contributed by atoms with E-state index >= 15 is 0 Å². The first-order valence-electron chi connectivity index (χ1n) is 7.22. The van der Waals surface area contributed by atoms with Gasteiger partial charge in [-0.25, -0.2) is 4.79 Å². The third-order valence-corrected chi connectivity index (χ3v) is 4.11. The minimum Gasteiger partial charge on any atom is -0.408 e. The minimum atomic E-state index is -0.324. The van der Waals surface area contributed by atoms with Gasteiger partial charge in [0.1, 0.15) is 0 Å². The van der Waals surface area contributed by atoms with Crippen molar-refractivity contribution in [2.45, 2.75) is 25.9 Å². The van der Waals surface area contributed by atoms with Crippen molar-refractivity contribution in [2.75, 3.05) is 13.1 Å². The molecule has 6 nitrogen and oxygen atoms in total. The Bertz CT molecular complexity index is 695. The number of carbonyl (C=O) groups excluding carboxylic acids is 1. The van der Waals surface area contributed by atoms with Gasteiger partial charge in [0.2, 0.25) is 5.91 Å². The highest BCUT2D eigenvalue weighted by molar-refractivity contribution is 5.74. The van der Waals surface area contributed by atoms with Crippen molar-refractivity contribution in [1.29, 1.82) is 0 Å². The van der Waals surface area contributed by atoms with Crippen molar-refractivity contribution in [3.63, 3.8) is 0 Å². The molecule has 0 spiro atoms. The van der Waals surface area contributed by atoms with Crippen molar-refractivity contribution < 1.29 is 9.21 Å². The lowest BCUT2D eigenvalue weighted by Gasteiger charge is -2.31. The molecule has 2 heterocycles. The van der Waals surface area contributed by atoms with E-state index in [1.807, 2.05) is 18.2 Å². The number of hydrogen-bond donors (Lipinski definition) is 1. The monoisotopic (exact) mass is 289 g/mol. The number of hydrogen-bond acceptors (Lipinski definition) is 4. The van der Waals surface area contributed by atoms with Gasteiger partial charge < -0.3 is 10.2 Å². The minimum absolute atomic E-state index is 0.231. The highest BCUT2D eigenvalue weighted by Crippen LogP contribution is 2.21. The number of oxazole rings is 1. The largest absolute Gasteiger partial charge is 0.421 e. The molecule has 1 amide bonds. The Morgan fingerprint density at radius 2 is 2.00 bits per heavy atom. The van der Waals surface area contributed by atoms with Gasteiger partial charge in [-0.3, -0.25) is 14.3 Å². The topological polar surface area (TPSA) is 81.5 Å². The molecular formula is C15H19N3O3. The number of nitrogens with two attached hydrogens (primary N) is 1. The second-order valence-corrected chi connectivity index (χ2v) is 5.64. The summed E-state index contributed by atoms with van der Waals surface area (Å²) >= 11 is 0. The van der Waals surface area contributed by atoms with Crippen LogP contribution < -0.4 is 11.5 Å². The summed E-state index contributed by atoms with van der Waals surface area (Å²) in [6, 6.07) is 7.43. The lowest BCUT2D eigenvalue weighted by molar-refractivity contribution is -0.119. The van der Waals surface area contributed by atoms with E-state index in [2.05, 4.69) is 4.90 Å². The SMILES string of the molecule is NC(=O)CC1CCN(Cn2c(=O)oc3ccccc32)CC1. The van der Waals surface area contributed by atoms with E-state index in [1.54, 1.807) is 10.6 Å². The van der Waals surface area contributed by atoms with Crippen molar-refractivity contribution in [1.82, 2.24) is 9.47 Å². The van der Waals surface area contributed by atoms with Crippen molar-refractivity contribution >= 4 is 17.0 Å². The number of para-hydroxylation sites is 2. The summed E-state index contributed by atoms with van der Waals surface area (Å²) < 4.78 is 6.89. The lowest BCUT2D eigenvalue weighted by atomic mass is 9.93. The highest BCUT2D eigenvalue weighted by Gasteiger charge is 2.21. The van der Waals surface area contributed by atoms with E-state index in [0.717, 1.165) is 31.4 Å². The van der Waals surface area contributed by atoms with Gasteiger partial charge in [0.15, 0.2) is 5.58 Å². The Balaban J connectivity index is 1.68. The molecule has 1 fully saturated rings. The van der Waals surface area contributed by atoms with Crippen molar-refractivity contribution in [3.8, 4) is 0 Å². The molecule has 1 aromatic heterocycles. The van der Waals surface area contributed by atoms with E-state index in [4.69, 9.17) is 10.2 Å². The maximum atomic E-state index is 11.9. The molecule has 1 aliphatic rings. The van der Waals surface area contributed by atoms with E-state index in [0.29, 0.717) is 24.6 Å². The van der Waals surface area contributed by atoms with Crippen LogP contribution in [0.4, 0.5) is 0 Å². The van der Waals surface area contributed by atoms with Crippen LogP contribution in [-0.2, 0) is 11.5 Å². The number of primary amides is 1. The summed E-state index contributed by atoms with van der Waals surface area (Å²) in [5.74, 6) is -0.183. The van der Waals surface area contributed by atoms with Crippen LogP contribution in [0.1, 0.15) is 19.3 Å². The fraction of sp³-hybridized carbons (Fsp3) is 0.467. The summed E-state index contributed by atoms with van der Waals surface area (Å²) in [7, 11) is 0. The third-order valence-electron chi connectivity index (χ3n) is 4.11. The van der Waals surface area contributed by atoms with E-state index in [1.165, 1.54) is 0 Å². The molecule has 0 radical (unpaired) electrons. The summed E-state index contributed by atoms with van der Waals surface area (Å²) in [4.78, 5) is 25.1. The van der Waals surface area contributed by atoms with Crippen LogP contribution in [0, 0.1) is 5.92 Å². The number of benzene rings is 1. The lowest BCUT2D eigenvalue weighted by Crippen LogP contribution is -2.38. The first-order valence-corrected chi connectivity index (χ1v) is 7.22. The predicted molar refractivity (Wildman–Crippen MR) is 78.6 cm³/mol. The molecule has 21 heavy (non-hydrogen) atoms. The summed E-state index contributed by atoms with van der Waals surface area (Å²) in [6.07, 6.45) is 2.34. The zero-order chi connectivity index (χ0) is 14.8. The fourth-order valence-corrected chi connectivity index (χ4v) is 2.96. The van der Waals surface area contributed by atoms with Gasteiger partial charge >= 0.3 is 5.76 Å². The number of piperidine rings is 1. The average molecular weight is 289 g/mol. The number of fused-ring (bicyclic) bond motifs is 1. The molecule has 0 saturated carbocycles. The van der Waals surface area contributed by atoms with Crippen molar-refractivity contribution in [2.24, 2.45) is 11.7 Å². The van der Waals surface area contributed by atoms with E-state index in [-0.39, 0.29) is 11.7 Å². The fourth-order valence-electron chi connectivity index (χ4n) is 2.96. The maximum absolute atomic E-state index is 11.9. The molecule has 2 aromatic rings. The van der Waals surface area contributed by atoms with Gasteiger partial charge in [-0.05, 0) is 30.9 Å². The number of nitrogens with zero attached hydrogens (tertiary/aromatic N) is 2. The van der Waals surface area contributed by atoms with Crippen LogP contribution in [0.3, 0.4) is 0 Å². The van der Waals surface area contributed by atoms with Crippen LogP contribution in [0.5, 0.6) is 0 Å². The van der Waals surface area contributed by atoms with E-state index in [9.17, 15) is 9.59 Å². The van der Waals surface area contributed by atoms with Gasteiger partial charge in [-0.2, -0.15) is 0 Å². The molecule has 0 bridgehead atoms. The molecule has 0 atom stereocenters. The molecule has 112 valence electrons. The van der Waals surface area contributed by atoms with Gasteiger partial charge in [-0.15, -0.1) is 0 Å². The summed E-state index contributed by atoms with van der Waals surface area (Å²) in [6.45, 7) is 2.26. The van der Waals surface area contributed by atoms with Crippen molar-refractivity contribution in [3.05, 3.63) is 34.8 Å². The van der Waals surface area contributed by atoms with Gasteiger partial charge in [0.25, 0.3) is 0 Å². The zero-order valence-corrected chi connectivity index (χ0v) is 11.8. The van der Waals surface area contributed by atoms with Gasteiger partial charge in [0.05, 0.1) is 12.2 Å². The Kier molecular flexibility index (Phi) is 3.79. The Labute approximate surface area is 122 Å². The average Bonchev–Trinajstić information content (AvgIpc) is 2.77. The predicted octanol–water partition coefficient (Wildman–Crippen LogP) is 1.14. The molecular weight excluding hydrogens is 270 g/mol. The first-order chi connectivity index (χ1) is 10.1. The van der Waals surface area contributed by atoms with Crippen LogP contribution >= 0.6 is 0 Å². The van der Waals surface area contributed by atoms with Crippen LogP contribution in [0.2, 0.25) is 0 Å². The number of aromatic nitrogens is 1. The van der Waals surface area contributed by atoms with E-state index < -0.39 is 0 Å². The molecule has 1 aromatic carbocycles. The second-order valence-electron chi connectivity index (χ2n) is 5.64. The van der Waals surface area contributed by atoms with Gasteiger partial charge in [-0.1, -0.05) is 12.1 Å². The summed E-state index contributed by atoms with van der Waals surface area (Å²) in [5.41, 5.74) is 6.68.